The Hall–Kier alpha value is -2.60. The number of nitrogens with two attached hydrogens (primary N) is 1. The van der Waals surface area contributed by atoms with E-state index in [0.717, 1.165) is 20.5 Å². The predicted molar refractivity (Wildman–Crippen MR) is 142 cm³/mol. The number of sulfonamides is 1. The Morgan fingerprint density at radius 2 is 2.03 bits per heavy atom. The molecule has 3 heterocycles. The number of thiophene rings is 1. The maximum absolute atomic E-state index is 13.0. The van der Waals surface area contributed by atoms with E-state index in [9.17, 15) is 18.6 Å². The summed E-state index contributed by atoms with van der Waals surface area (Å²) >= 11 is 7.89. The van der Waals surface area contributed by atoms with Crippen molar-refractivity contribution < 1.29 is 18.6 Å². The Bertz CT molecular complexity index is 1550. The van der Waals surface area contributed by atoms with Crippen LogP contribution in [0.1, 0.15) is 41.8 Å². The summed E-state index contributed by atoms with van der Waals surface area (Å²) in [5.74, 6) is 0.240. The van der Waals surface area contributed by atoms with Crippen LogP contribution in [0.25, 0.3) is 21.3 Å². The molecule has 1 fully saturated rings. The molecular formula is C25H25ClN4O4S2. The number of aliphatic hydroxyl groups is 2. The molecule has 8 nitrogen and oxygen atoms in total. The first-order valence-corrected chi connectivity index (χ1v) is 14.1. The van der Waals surface area contributed by atoms with E-state index >= 15 is 0 Å². The zero-order chi connectivity index (χ0) is 25.7. The van der Waals surface area contributed by atoms with Gasteiger partial charge in [-0.1, -0.05) is 29.8 Å². The lowest BCUT2D eigenvalue weighted by molar-refractivity contribution is -0.00230. The van der Waals surface area contributed by atoms with Gasteiger partial charge < -0.3 is 15.9 Å². The fraction of sp³-hybridized carbons (Fsp3) is 0.280. The van der Waals surface area contributed by atoms with E-state index < -0.39 is 33.5 Å². The fourth-order valence-electron chi connectivity index (χ4n) is 4.04. The molecule has 11 heteroatoms. The van der Waals surface area contributed by atoms with Gasteiger partial charge in [0.2, 0.25) is 10.0 Å². The minimum atomic E-state index is -3.56. The van der Waals surface area contributed by atoms with Gasteiger partial charge in [0.1, 0.15) is 11.4 Å². The Morgan fingerprint density at radius 1 is 1.25 bits per heavy atom. The largest absolute Gasteiger partial charge is 0.393 e. The van der Waals surface area contributed by atoms with E-state index in [1.54, 1.807) is 24.4 Å². The van der Waals surface area contributed by atoms with Crippen molar-refractivity contribution in [2.45, 2.75) is 36.7 Å². The number of halogens is 1. The quantitative estimate of drug-likeness (QED) is 0.263. The van der Waals surface area contributed by atoms with Crippen LogP contribution in [0, 0.1) is 0 Å². The smallest absolute Gasteiger partial charge is 0.215 e. The van der Waals surface area contributed by atoms with E-state index in [4.69, 9.17) is 17.3 Å². The van der Waals surface area contributed by atoms with Crippen molar-refractivity contribution in [3.63, 3.8) is 0 Å². The summed E-state index contributed by atoms with van der Waals surface area (Å²) in [4.78, 5) is 9.25. The molecule has 1 unspecified atom stereocenters. The molecule has 0 radical (unpaired) electrons. The molecule has 0 saturated heterocycles. The van der Waals surface area contributed by atoms with Crippen LogP contribution in [0.5, 0.6) is 0 Å². The topological polar surface area (TPSA) is 138 Å². The van der Waals surface area contributed by atoms with Gasteiger partial charge in [0, 0.05) is 27.5 Å². The second-order valence-electron chi connectivity index (χ2n) is 9.16. The lowest BCUT2D eigenvalue weighted by Crippen LogP contribution is -2.32. The summed E-state index contributed by atoms with van der Waals surface area (Å²) < 4.78 is 29.7. The molecule has 3 aromatic heterocycles. The average molecular weight is 545 g/mol. The van der Waals surface area contributed by atoms with Gasteiger partial charge >= 0.3 is 0 Å². The molecule has 36 heavy (non-hydrogen) atoms. The van der Waals surface area contributed by atoms with Crippen LogP contribution in [0.4, 0.5) is 5.82 Å². The second kappa shape index (κ2) is 9.37. The van der Waals surface area contributed by atoms with E-state index in [2.05, 4.69) is 14.7 Å². The predicted octanol–water partition coefficient (Wildman–Crippen LogP) is 3.96. The third-order valence-corrected chi connectivity index (χ3v) is 9.75. The fourth-order valence-corrected chi connectivity index (χ4v) is 7.11. The van der Waals surface area contributed by atoms with Gasteiger partial charge in [-0.2, -0.15) is 0 Å². The van der Waals surface area contributed by atoms with Crippen molar-refractivity contribution in [1.82, 2.24) is 14.7 Å². The van der Waals surface area contributed by atoms with Crippen molar-refractivity contribution in [3.05, 3.63) is 75.9 Å². The number of nitrogen functional groups attached to an aromatic ring is 1. The first kappa shape index (κ1) is 25.1. The van der Waals surface area contributed by atoms with Gasteiger partial charge in [-0.05, 0) is 60.5 Å². The van der Waals surface area contributed by atoms with Crippen LogP contribution in [0.15, 0.2) is 54.9 Å². The summed E-state index contributed by atoms with van der Waals surface area (Å²) in [6.45, 7) is 1.11. The molecule has 1 aromatic carbocycles. The average Bonchev–Trinajstić information content (AvgIpc) is 3.64. The normalized spacial score (nSPS) is 16.7. The zero-order valence-corrected chi connectivity index (χ0v) is 21.7. The monoisotopic (exact) mass is 544 g/mol. The summed E-state index contributed by atoms with van der Waals surface area (Å²) in [6, 6.07) is 12.0. The third-order valence-electron chi connectivity index (χ3n) is 6.28. The molecule has 5 rings (SSSR count). The molecule has 2 atom stereocenters. The van der Waals surface area contributed by atoms with Gasteiger partial charge in [0.25, 0.3) is 0 Å². The van der Waals surface area contributed by atoms with Crippen molar-refractivity contribution in [2.24, 2.45) is 0 Å². The minimum Gasteiger partial charge on any atom is -0.393 e. The van der Waals surface area contributed by atoms with Crippen molar-refractivity contribution >= 4 is 48.9 Å². The molecule has 1 aliphatic rings. The third kappa shape index (κ3) is 4.84. The molecule has 1 saturated carbocycles. The highest BCUT2D eigenvalue weighted by Crippen LogP contribution is 2.41. The minimum absolute atomic E-state index is 0.240. The Labute approximate surface area is 217 Å². The molecule has 4 aromatic rings. The standard InChI is InChI=1S/C25H25ClN4O4S2/c1-25(32,13-31)15-7-8-28-20(10-15)17-4-2-3-14-9-21(35-24(14)17)23(30-36(33,34)16-5-6-16)18-11-22(27)29-12-19(18)26/h2-4,7-12,16,23,30-32H,5-6,13H2,1H3,(H2,27,29)/t23?,25-/m1/s1. The van der Waals surface area contributed by atoms with E-state index in [1.165, 1.54) is 24.5 Å². The van der Waals surface area contributed by atoms with Gasteiger partial charge in [-0.3, -0.25) is 4.98 Å². The first-order chi connectivity index (χ1) is 17.1. The number of rotatable bonds is 8. The Balaban J connectivity index is 1.64. The van der Waals surface area contributed by atoms with Gasteiger partial charge in [-0.25, -0.2) is 18.1 Å². The number of aromatic nitrogens is 2. The molecule has 0 aliphatic heterocycles. The van der Waals surface area contributed by atoms with Gasteiger partial charge in [0.05, 0.1) is 28.6 Å². The molecule has 188 valence electrons. The number of pyridine rings is 2. The van der Waals surface area contributed by atoms with Crippen molar-refractivity contribution in [3.8, 4) is 11.3 Å². The van der Waals surface area contributed by atoms with Crippen LogP contribution in [0.3, 0.4) is 0 Å². The van der Waals surface area contributed by atoms with E-state index in [1.807, 2.05) is 24.3 Å². The lowest BCUT2D eigenvalue weighted by Gasteiger charge is -2.21. The number of aliphatic hydroxyl groups excluding tert-OH is 1. The van der Waals surface area contributed by atoms with Crippen LogP contribution < -0.4 is 10.5 Å². The SMILES string of the molecule is C[C@@](O)(CO)c1ccnc(-c2cccc3cc(C(NS(=O)(=O)C4CC4)c4cc(N)ncc4Cl)sc23)c1. The van der Waals surface area contributed by atoms with Crippen LogP contribution in [-0.4, -0.2) is 40.5 Å². The maximum atomic E-state index is 13.0. The number of hydrogen-bond acceptors (Lipinski definition) is 8. The summed E-state index contributed by atoms with van der Waals surface area (Å²) in [7, 11) is -3.56. The molecular weight excluding hydrogens is 520 g/mol. The highest BCUT2D eigenvalue weighted by molar-refractivity contribution is 7.90. The van der Waals surface area contributed by atoms with Crippen LogP contribution in [0.2, 0.25) is 5.02 Å². The maximum Gasteiger partial charge on any atom is 0.215 e. The summed E-state index contributed by atoms with van der Waals surface area (Å²) in [5, 5.41) is 20.9. The number of anilines is 1. The van der Waals surface area contributed by atoms with Gasteiger partial charge in [-0.15, -0.1) is 11.3 Å². The highest BCUT2D eigenvalue weighted by atomic mass is 35.5. The number of fused-ring (bicyclic) bond motifs is 1. The summed E-state index contributed by atoms with van der Waals surface area (Å²) in [6.07, 6.45) is 4.27. The van der Waals surface area contributed by atoms with E-state index in [-0.39, 0.29) is 5.82 Å². The molecule has 0 spiro atoms. The zero-order valence-electron chi connectivity index (χ0n) is 19.3. The lowest BCUT2D eigenvalue weighted by atomic mass is 9.96. The number of hydrogen-bond donors (Lipinski definition) is 4. The number of nitrogens with zero attached hydrogens (tertiary/aromatic N) is 2. The molecule has 0 amide bonds. The van der Waals surface area contributed by atoms with E-state index in [0.29, 0.717) is 34.7 Å². The highest BCUT2D eigenvalue weighted by Gasteiger charge is 2.38. The number of benzene rings is 1. The van der Waals surface area contributed by atoms with Crippen LogP contribution in [-0.2, 0) is 15.6 Å². The van der Waals surface area contributed by atoms with Crippen molar-refractivity contribution in [1.29, 1.82) is 0 Å². The molecule has 5 N–H and O–H groups in total. The number of nitrogens with one attached hydrogen (secondary N) is 1. The first-order valence-electron chi connectivity index (χ1n) is 11.3. The summed E-state index contributed by atoms with van der Waals surface area (Å²) in [5.41, 5.74) is 7.04. The van der Waals surface area contributed by atoms with Crippen LogP contribution >= 0.6 is 22.9 Å². The molecule has 1 aliphatic carbocycles. The Kier molecular flexibility index (Phi) is 6.52. The van der Waals surface area contributed by atoms with Gasteiger partial charge in [0.15, 0.2) is 0 Å². The Morgan fingerprint density at radius 3 is 2.75 bits per heavy atom. The van der Waals surface area contributed by atoms with Crippen molar-refractivity contribution in [2.75, 3.05) is 12.3 Å². The second-order valence-corrected chi connectivity index (χ2v) is 12.6. The molecule has 0 bridgehead atoms.